The van der Waals surface area contributed by atoms with Gasteiger partial charge in [0.05, 0.1) is 6.20 Å². The van der Waals surface area contributed by atoms with Crippen LogP contribution in [0, 0.1) is 0 Å². The molecule has 4 nitrogen and oxygen atoms in total. The Morgan fingerprint density at radius 2 is 2.16 bits per heavy atom. The van der Waals surface area contributed by atoms with Crippen molar-refractivity contribution < 1.29 is 4.74 Å². The van der Waals surface area contributed by atoms with E-state index in [1.54, 1.807) is 0 Å². The summed E-state index contributed by atoms with van der Waals surface area (Å²) < 4.78 is 8.00. The zero-order valence-corrected chi connectivity index (χ0v) is 11.3. The number of hydrogen-bond donors (Lipinski definition) is 1. The minimum Gasteiger partial charge on any atom is -0.485 e. The lowest BCUT2D eigenvalue weighted by molar-refractivity contribution is 0.161. The largest absolute Gasteiger partial charge is 0.485 e. The molecule has 2 N–H and O–H groups in total. The van der Waals surface area contributed by atoms with Crippen LogP contribution in [0.15, 0.2) is 36.7 Å². The van der Waals surface area contributed by atoms with Crippen LogP contribution in [0.1, 0.15) is 49.6 Å². The third-order valence-corrected chi connectivity index (χ3v) is 3.58. The molecule has 0 spiro atoms. The first-order valence-electron chi connectivity index (χ1n) is 6.70. The number of nitrogens with zero attached hydrogens (tertiary/aromatic N) is 2. The molecule has 2 atom stereocenters. The van der Waals surface area contributed by atoms with Gasteiger partial charge >= 0.3 is 0 Å². The topological polar surface area (TPSA) is 53.1 Å². The van der Waals surface area contributed by atoms with Crippen molar-refractivity contribution in [3.05, 3.63) is 47.8 Å². The molecule has 0 radical (unpaired) electrons. The fraction of sp³-hybridized carbons (Fsp3) is 0.400. The lowest BCUT2D eigenvalue weighted by Crippen LogP contribution is -2.23. The number of aromatic nitrogens is 2. The van der Waals surface area contributed by atoms with Gasteiger partial charge in [0.15, 0.2) is 0 Å². The lowest BCUT2D eigenvalue weighted by Gasteiger charge is -2.29. The smallest absolute Gasteiger partial charge is 0.129 e. The molecule has 0 aliphatic carbocycles. The maximum atomic E-state index is 6.23. The van der Waals surface area contributed by atoms with Crippen molar-refractivity contribution in [3.63, 3.8) is 0 Å². The molecule has 1 aliphatic rings. The van der Waals surface area contributed by atoms with E-state index in [1.807, 2.05) is 35.1 Å². The number of ether oxygens (including phenoxy) is 1. The van der Waals surface area contributed by atoms with Crippen LogP contribution in [0.3, 0.4) is 0 Å². The molecule has 0 fully saturated rings. The van der Waals surface area contributed by atoms with Gasteiger partial charge in [-0.2, -0.15) is 5.10 Å². The molecule has 100 valence electrons. The predicted molar refractivity (Wildman–Crippen MR) is 74.0 cm³/mol. The highest BCUT2D eigenvalue weighted by molar-refractivity contribution is 5.38. The second-order valence-corrected chi connectivity index (χ2v) is 5.33. The Morgan fingerprint density at radius 3 is 2.89 bits per heavy atom. The molecule has 0 amide bonds. The van der Waals surface area contributed by atoms with Gasteiger partial charge in [0, 0.05) is 35.8 Å². The average molecular weight is 257 g/mol. The summed E-state index contributed by atoms with van der Waals surface area (Å²) in [5, 5.41) is 4.37. The van der Waals surface area contributed by atoms with Crippen molar-refractivity contribution in [1.82, 2.24) is 9.78 Å². The average Bonchev–Trinajstić information content (AvgIpc) is 2.88. The van der Waals surface area contributed by atoms with E-state index < -0.39 is 0 Å². The standard InChI is InChI=1S/C15H19N3O/c1-10(2)18-9-11(8-17-18)15-7-13(16)12-5-3-4-6-14(12)19-15/h3-6,8-10,13,15H,7,16H2,1-2H3. The van der Waals surface area contributed by atoms with Crippen LogP contribution in [0.5, 0.6) is 5.75 Å². The van der Waals surface area contributed by atoms with Gasteiger partial charge < -0.3 is 10.5 Å². The van der Waals surface area contributed by atoms with E-state index in [1.165, 1.54) is 0 Å². The van der Waals surface area contributed by atoms with Crippen molar-refractivity contribution in [2.75, 3.05) is 0 Å². The lowest BCUT2D eigenvalue weighted by atomic mass is 9.95. The summed E-state index contributed by atoms with van der Waals surface area (Å²) in [6, 6.07) is 8.38. The second-order valence-electron chi connectivity index (χ2n) is 5.33. The second kappa shape index (κ2) is 4.70. The molecule has 1 aromatic heterocycles. The minimum absolute atomic E-state index is 0.00241. The molecule has 0 bridgehead atoms. The highest BCUT2D eigenvalue weighted by Crippen LogP contribution is 2.39. The molecule has 19 heavy (non-hydrogen) atoms. The maximum Gasteiger partial charge on any atom is 0.129 e. The van der Waals surface area contributed by atoms with E-state index in [4.69, 9.17) is 10.5 Å². The van der Waals surface area contributed by atoms with E-state index in [0.29, 0.717) is 6.04 Å². The first kappa shape index (κ1) is 12.2. The highest BCUT2D eigenvalue weighted by atomic mass is 16.5. The maximum absolute atomic E-state index is 6.23. The number of fused-ring (bicyclic) bond motifs is 1. The Balaban J connectivity index is 1.88. The van der Waals surface area contributed by atoms with Gasteiger partial charge in [-0.05, 0) is 19.9 Å². The molecular weight excluding hydrogens is 238 g/mol. The number of nitrogens with two attached hydrogens (primary N) is 1. The van der Waals surface area contributed by atoms with E-state index in [-0.39, 0.29) is 12.1 Å². The Kier molecular flexibility index (Phi) is 3.03. The third kappa shape index (κ3) is 2.24. The number of rotatable bonds is 2. The van der Waals surface area contributed by atoms with Gasteiger partial charge in [-0.1, -0.05) is 18.2 Å². The van der Waals surface area contributed by atoms with E-state index in [9.17, 15) is 0 Å². The molecule has 2 aromatic rings. The molecular formula is C15H19N3O. The zero-order valence-electron chi connectivity index (χ0n) is 11.3. The van der Waals surface area contributed by atoms with Gasteiger partial charge in [0.2, 0.25) is 0 Å². The molecule has 3 rings (SSSR count). The Hall–Kier alpha value is -1.81. The van der Waals surface area contributed by atoms with E-state index in [0.717, 1.165) is 23.3 Å². The van der Waals surface area contributed by atoms with E-state index in [2.05, 4.69) is 25.1 Å². The SMILES string of the molecule is CC(C)n1cc(C2CC(N)c3ccccc3O2)cn1. The summed E-state index contributed by atoms with van der Waals surface area (Å²) in [6.45, 7) is 4.22. The van der Waals surface area contributed by atoms with Gasteiger partial charge in [-0.3, -0.25) is 4.68 Å². The molecule has 0 saturated heterocycles. The predicted octanol–water partition coefficient (Wildman–Crippen LogP) is 2.99. The number of benzene rings is 1. The van der Waals surface area contributed by atoms with Gasteiger partial charge in [-0.25, -0.2) is 0 Å². The summed E-state index contributed by atoms with van der Waals surface area (Å²) >= 11 is 0. The normalized spacial score (nSPS) is 22.1. The van der Waals surface area contributed by atoms with Crippen LogP contribution in [0.2, 0.25) is 0 Å². The molecule has 1 aliphatic heterocycles. The number of para-hydroxylation sites is 1. The number of hydrogen-bond acceptors (Lipinski definition) is 3. The summed E-state index contributed by atoms with van der Waals surface area (Å²) in [7, 11) is 0. The van der Waals surface area contributed by atoms with Crippen LogP contribution in [0.4, 0.5) is 0 Å². The van der Waals surface area contributed by atoms with Crippen molar-refractivity contribution in [1.29, 1.82) is 0 Å². The monoisotopic (exact) mass is 257 g/mol. The van der Waals surface area contributed by atoms with Gasteiger partial charge in [0.25, 0.3) is 0 Å². The van der Waals surface area contributed by atoms with Crippen LogP contribution in [-0.4, -0.2) is 9.78 Å². The molecule has 2 heterocycles. The van der Waals surface area contributed by atoms with E-state index >= 15 is 0 Å². The molecule has 2 unspecified atom stereocenters. The Labute approximate surface area is 113 Å². The van der Waals surface area contributed by atoms with Crippen LogP contribution < -0.4 is 10.5 Å². The highest BCUT2D eigenvalue weighted by Gasteiger charge is 2.27. The summed E-state index contributed by atoms with van der Waals surface area (Å²) in [5.41, 5.74) is 8.42. The fourth-order valence-electron chi connectivity index (χ4n) is 2.46. The summed E-state index contributed by atoms with van der Waals surface area (Å²) in [4.78, 5) is 0. The van der Waals surface area contributed by atoms with Crippen LogP contribution in [-0.2, 0) is 0 Å². The quantitative estimate of drug-likeness (QED) is 0.899. The first-order valence-corrected chi connectivity index (χ1v) is 6.70. The van der Waals surface area contributed by atoms with Crippen LogP contribution in [0.25, 0.3) is 0 Å². The minimum atomic E-state index is -0.00241. The molecule has 0 saturated carbocycles. The first-order chi connectivity index (χ1) is 9.15. The zero-order chi connectivity index (χ0) is 13.4. The third-order valence-electron chi connectivity index (χ3n) is 3.58. The van der Waals surface area contributed by atoms with Crippen molar-refractivity contribution >= 4 is 0 Å². The summed E-state index contributed by atoms with van der Waals surface area (Å²) in [6.07, 6.45) is 4.72. The van der Waals surface area contributed by atoms with Crippen molar-refractivity contribution in [2.24, 2.45) is 5.73 Å². The van der Waals surface area contributed by atoms with Crippen LogP contribution >= 0.6 is 0 Å². The Bertz CT molecular complexity index is 576. The molecule has 1 aromatic carbocycles. The van der Waals surface area contributed by atoms with Crippen molar-refractivity contribution in [3.8, 4) is 5.75 Å². The van der Waals surface area contributed by atoms with Gasteiger partial charge in [-0.15, -0.1) is 0 Å². The summed E-state index contributed by atoms with van der Waals surface area (Å²) in [5.74, 6) is 0.892. The van der Waals surface area contributed by atoms with Crippen molar-refractivity contribution in [2.45, 2.75) is 38.5 Å². The van der Waals surface area contributed by atoms with Gasteiger partial charge in [0.1, 0.15) is 11.9 Å². The fourth-order valence-corrected chi connectivity index (χ4v) is 2.46. The Morgan fingerprint density at radius 1 is 1.37 bits per heavy atom. The molecule has 4 heteroatoms.